The Morgan fingerprint density at radius 1 is 1.04 bits per heavy atom. The summed E-state index contributed by atoms with van der Waals surface area (Å²) in [6.45, 7) is 0.798. The van der Waals surface area contributed by atoms with Crippen LogP contribution >= 0.6 is 0 Å². The highest BCUT2D eigenvalue weighted by Gasteiger charge is 2.34. The molecule has 1 aliphatic heterocycles. The van der Waals surface area contributed by atoms with Crippen LogP contribution in [0.15, 0.2) is 24.4 Å². The molecule has 26 heavy (non-hydrogen) atoms. The minimum absolute atomic E-state index is 0.140. The van der Waals surface area contributed by atoms with E-state index in [2.05, 4.69) is 4.98 Å². The maximum absolute atomic E-state index is 12.4. The summed E-state index contributed by atoms with van der Waals surface area (Å²) >= 11 is 0. The standard InChI is InChI=1S/C20H22N2O4/c1-24-17-7-13(8-18(25-2)20(17)26-3)14-6-16-15(21-10-14)9-19(23)22(16)11-12-4-5-12/h6-8,10,12H,4-5,9,11H2,1-3H3. The summed E-state index contributed by atoms with van der Waals surface area (Å²) in [5, 5.41) is 0. The number of hydrogen-bond acceptors (Lipinski definition) is 5. The first kappa shape index (κ1) is 16.7. The van der Waals surface area contributed by atoms with Gasteiger partial charge < -0.3 is 19.1 Å². The Morgan fingerprint density at radius 3 is 2.31 bits per heavy atom. The SMILES string of the molecule is COc1cc(-c2cnc3c(c2)N(CC2CC2)C(=O)C3)cc(OC)c1OC. The van der Waals surface area contributed by atoms with Crippen molar-refractivity contribution in [2.45, 2.75) is 19.3 Å². The lowest BCUT2D eigenvalue weighted by Crippen LogP contribution is -2.28. The van der Waals surface area contributed by atoms with Crippen molar-refractivity contribution in [1.29, 1.82) is 0 Å². The van der Waals surface area contributed by atoms with Crippen LogP contribution in [0.3, 0.4) is 0 Å². The molecule has 6 nitrogen and oxygen atoms in total. The van der Waals surface area contributed by atoms with E-state index in [-0.39, 0.29) is 5.91 Å². The Balaban J connectivity index is 1.75. The number of hydrogen-bond donors (Lipinski definition) is 0. The number of carbonyl (C=O) groups excluding carboxylic acids is 1. The average molecular weight is 354 g/mol. The topological polar surface area (TPSA) is 60.9 Å². The molecule has 0 radical (unpaired) electrons. The summed E-state index contributed by atoms with van der Waals surface area (Å²) in [7, 11) is 4.77. The van der Waals surface area contributed by atoms with Gasteiger partial charge in [-0.15, -0.1) is 0 Å². The molecule has 1 aromatic carbocycles. The summed E-state index contributed by atoms with van der Waals surface area (Å²) in [4.78, 5) is 18.8. The van der Waals surface area contributed by atoms with Crippen molar-refractivity contribution >= 4 is 11.6 Å². The molecular weight excluding hydrogens is 332 g/mol. The Kier molecular flexibility index (Phi) is 4.18. The van der Waals surface area contributed by atoms with E-state index in [1.165, 1.54) is 12.8 Å². The first-order chi connectivity index (χ1) is 12.6. The maximum atomic E-state index is 12.4. The molecule has 0 N–H and O–H groups in total. The molecule has 2 heterocycles. The lowest BCUT2D eigenvalue weighted by Gasteiger charge is -2.18. The van der Waals surface area contributed by atoms with Gasteiger partial charge in [-0.3, -0.25) is 9.78 Å². The molecule has 1 saturated carbocycles. The fourth-order valence-electron chi connectivity index (χ4n) is 3.39. The number of nitrogens with zero attached hydrogens (tertiary/aromatic N) is 2. The van der Waals surface area contributed by atoms with Gasteiger partial charge in [0.15, 0.2) is 11.5 Å². The van der Waals surface area contributed by atoms with E-state index in [0.717, 1.165) is 29.1 Å². The predicted octanol–water partition coefficient (Wildman–Crippen LogP) is 3.07. The van der Waals surface area contributed by atoms with Crippen LogP contribution in [0, 0.1) is 5.92 Å². The Labute approximate surface area is 152 Å². The minimum Gasteiger partial charge on any atom is -0.493 e. The van der Waals surface area contributed by atoms with Gasteiger partial charge in [-0.2, -0.15) is 0 Å². The van der Waals surface area contributed by atoms with E-state index in [9.17, 15) is 4.79 Å². The van der Waals surface area contributed by atoms with Gasteiger partial charge in [0, 0.05) is 18.3 Å². The lowest BCUT2D eigenvalue weighted by atomic mass is 10.0. The Bertz CT molecular complexity index is 836. The number of benzene rings is 1. The fourth-order valence-corrected chi connectivity index (χ4v) is 3.39. The largest absolute Gasteiger partial charge is 0.493 e. The van der Waals surface area contributed by atoms with E-state index < -0.39 is 0 Å². The van der Waals surface area contributed by atoms with Crippen molar-refractivity contribution in [2.75, 3.05) is 32.8 Å². The number of aromatic nitrogens is 1. The van der Waals surface area contributed by atoms with Crippen LogP contribution in [-0.4, -0.2) is 38.8 Å². The van der Waals surface area contributed by atoms with Gasteiger partial charge in [-0.1, -0.05) is 0 Å². The second-order valence-electron chi connectivity index (χ2n) is 6.73. The highest BCUT2D eigenvalue weighted by molar-refractivity contribution is 6.01. The summed E-state index contributed by atoms with van der Waals surface area (Å²) in [6, 6.07) is 5.83. The molecule has 1 amide bonds. The number of pyridine rings is 1. The second kappa shape index (κ2) is 6.52. The Morgan fingerprint density at radius 2 is 1.73 bits per heavy atom. The maximum Gasteiger partial charge on any atom is 0.233 e. The monoisotopic (exact) mass is 354 g/mol. The van der Waals surface area contributed by atoms with Gasteiger partial charge in [-0.25, -0.2) is 0 Å². The van der Waals surface area contributed by atoms with Crippen molar-refractivity contribution < 1.29 is 19.0 Å². The van der Waals surface area contributed by atoms with Crippen LogP contribution in [0.25, 0.3) is 11.1 Å². The van der Waals surface area contributed by atoms with Crippen LogP contribution in [0.1, 0.15) is 18.5 Å². The van der Waals surface area contributed by atoms with Crippen molar-refractivity contribution in [3.63, 3.8) is 0 Å². The zero-order valence-corrected chi connectivity index (χ0v) is 15.2. The molecule has 6 heteroatoms. The van der Waals surface area contributed by atoms with Crippen LogP contribution in [0.4, 0.5) is 5.69 Å². The first-order valence-electron chi connectivity index (χ1n) is 8.74. The number of amides is 1. The van der Waals surface area contributed by atoms with E-state index in [1.807, 2.05) is 23.1 Å². The van der Waals surface area contributed by atoms with Gasteiger partial charge in [0.2, 0.25) is 11.7 Å². The molecule has 0 saturated heterocycles. The summed E-state index contributed by atoms with van der Waals surface area (Å²) in [6.07, 6.45) is 4.60. The van der Waals surface area contributed by atoms with Gasteiger partial charge in [0.1, 0.15) is 0 Å². The third-order valence-corrected chi connectivity index (χ3v) is 4.99. The van der Waals surface area contributed by atoms with E-state index >= 15 is 0 Å². The average Bonchev–Trinajstić information content (AvgIpc) is 3.43. The van der Waals surface area contributed by atoms with Crippen LogP contribution in [0.5, 0.6) is 17.2 Å². The molecule has 0 atom stereocenters. The smallest absolute Gasteiger partial charge is 0.233 e. The number of fused-ring (bicyclic) bond motifs is 1. The first-order valence-corrected chi connectivity index (χ1v) is 8.74. The molecule has 2 aliphatic rings. The number of rotatable bonds is 6. The number of carbonyl (C=O) groups is 1. The molecule has 1 fully saturated rings. The normalized spacial score (nSPS) is 15.8. The minimum atomic E-state index is 0.140. The second-order valence-corrected chi connectivity index (χ2v) is 6.73. The van der Waals surface area contributed by atoms with E-state index in [4.69, 9.17) is 14.2 Å². The number of anilines is 1. The zero-order valence-electron chi connectivity index (χ0n) is 15.2. The van der Waals surface area contributed by atoms with E-state index in [1.54, 1.807) is 27.5 Å². The highest BCUT2D eigenvalue weighted by Crippen LogP contribution is 2.42. The molecule has 1 aromatic heterocycles. The number of ether oxygens (including phenoxy) is 3. The molecule has 2 aromatic rings. The van der Waals surface area contributed by atoms with Crippen molar-refractivity contribution in [1.82, 2.24) is 4.98 Å². The summed E-state index contributed by atoms with van der Waals surface area (Å²) in [5.74, 6) is 2.51. The Hall–Kier alpha value is -2.76. The number of methoxy groups -OCH3 is 3. The van der Waals surface area contributed by atoms with Crippen molar-refractivity contribution in [3.05, 3.63) is 30.1 Å². The summed E-state index contributed by atoms with van der Waals surface area (Å²) in [5.41, 5.74) is 3.60. The molecule has 136 valence electrons. The lowest BCUT2D eigenvalue weighted by molar-refractivity contribution is -0.117. The molecule has 4 rings (SSSR count). The van der Waals surface area contributed by atoms with Crippen LogP contribution in [-0.2, 0) is 11.2 Å². The van der Waals surface area contributed by atoms with Gasteiger partial charge in [-0.05, 0) is 42.5 Å². The van der Waals surface area contributed by atoms with Gasteiger partial charge in [0.05, 0.1) is 39.1 Å². The van der Waals surface area contributed by atoms with Gasteiger partial charge >= 0.3 is 0 Å². The molecule has 1 aliphatic carbocycles. The highest BCUT2D eigenvalue weighted by atomic mass is 16.5. The fraction of sp³-hybridized carbons (Fsp3) is 0.400. The molecular formula is C20H22N2O4. The molecule has 0 unspecified atom stereocenters. The third-order valence-electron chi connectivity index (χ3n) is 4.99. The van der Waals surface area contributed by atoms with Crippen LogP contribution < -0.4 is 19.1 Å². The zero-order chi connectivity index (χ0) is 18.3. The quantitative estimate of drug-likeness (QED) is 0.798. The van der Waals surface area contributed by atoms with E-state index in [0.29, 0.717) is 29.6 Å². The molecule has 0 bridgehead atoms. The van der Waals surface area contributed by atoms with Crippen molar-refractivity contribution in [2.24, 2.45) is 5.92 Å². The van der Waals surface area contributed by atoms with Crippen molar-refractivity contribution in [3.8, 4) is 28.4 Å². The molecule has 0 spiro atoms. The third kappa shape index (κ3) is 2.85. The summed E-state index contributed by atoms with van der Waals surface area (Å²) < 4.78 is 16.3. The van der Waals surface area contributed by atoms with Gasteiger partial charge in [0.25, 0.3) is 0 Å². The predicted molar refractivity (Wildman–Crippen MR) is 98.1 cm³/mol. The van der Waals surface area contributed by atoms with Crippen LogP contribution in [0.2, 0.25) is 0 Å².